The monoisotopic (exact) mass is 406 g/mol. The van der Waals surface area contributed by atoms with Gasteiger partial charge in [-0.05, 0) is 67.3 Å². The van der Waals surface area contributed by atoms with Crippen molar-refractivity contribution in [1.82, 2.24) is 9.99 Å². The maximum absolute atomic E-state index is 12.9. The molecular weight excluding hydrogens is 379 g/mol. The number of aryl methyl sites for hydroxylation is 1. The zero-order valence-corrected chi connectivity index (χ0v) is 18.0. The minimum Gasteiger partial charge on any atom is -0.318 e. The third-order valence-electron chi connectivity index (χ3n) is 4.93. The molecule has 0 saturated heterocycles. The van der Waals surface area contributed by atoms with Crippen LogP contribution in [0.15, 0.2) is 59.7 Å². The van der Waals surface area contributed by atoms with Crippen LogP contribution in [0.2, 0.25) is 0 Å². The normalized spacial score (nSPS) is 11.7. The average Bonchev–Trinajstić information content (AvgIpc) is 2.96. The summed E-state index contributed by atoms with van der Waals surface area (Å²) in [6.07, 6.45) is 1.62. The molecular formula is C24H27FN4O. The Morgan fingerprint density at radius 2 is 1.67 bits per heavy atom. The quantitative estimate of drug-likeness (QED) is 0.425. The molecule has 1 aromatic heterocycles. The molecule has 0 bridgehead atoms. The van der Waals surface area contributed by atoms with Crippen molar-refractivity contribution >= 4 is 17.9 Å². The molecule has 2 amide bonds. The summed E-state index contributed by atoms with van der Waals surface area (Å²) >= 11 is 0. The van der Waals surface area contributed by atoms with Crippen LogP contribution in [0.4, 0.5) is 14.9 Å². The van der Waals surface area contributed by atoms with E-state index in [-0.39, 0.29) is 11.2 Å². The molecule has 5 nitrogen and oxygen atoms in total. The molecule has 3 rings (SSSR count). The Hall–Kier alpha value is -3.41. The van der Waals surface area contributed by atoms with Crippen LogP contribution < -0.4 is 10.7 Å². The summed E-state index contributed by atoms with van der Waals surface area (Å²) in [5.41, 5.74) is 8.41. The SMILES string of the molecule is Cc1cc(/C=N/NC(=O)Nc2ccc(F)cc2)c(C)n1-c1ccc(C(C)(C)C)cc1. The number of nitrogens with zero attached hydrogens (tertiary/aromatic N) is 2. The van der Waals surface area contributed by atoms with Crippen LogP contribution in [-0.4, -0.2) is 16.8 Å². The fraction of sp³-hybridized carbons (Fsp3) is 0.250. The van der Waals surface area contributed by atoms with Crippen LogP contribution in [0.1, 0.15) is 43.3 Å². The molecule has 30 heavy (non-hydrogen) atoms. The molecule has 0 saturated carbocycles. The summed E-state index contributed by atoms with van der Waals surface area (Å²) in [4.78, 5) is 11.9. The lowest BCUT2D eigenvalue weighted by atomic mass is 9.87. The van der Waals surface area contributed by atoms with Gasteiger partial charge in [0.05, 0.1) is 6.21 Å². The van der Waals surface area contributed by atoms with E-state index < -0.39 is 6.03 Å². The number of anilines is 1. The van der Waals surface area contributed by atoms with Crippen molar-refractivity contribution in [2.75, 3.05) is 5.32 Å². The van der Waals surface area contributed by atoms with Crippen molar-refractivity contribution in [3.63, 3.8) is 0 Å². The van der Waals surface area contributed by atoms with Crippen molar-refractivity contribution in [2.45, 2.75) is 40.0 Å². The largest absolute Gasteiger partial charge is 0.339 e. The summed E-state index contributed by atoms with van der Waals surface area (Å²) in [7, 11) is 0. The van der Waals surface area contributed by atoms with Crippen molar-refractivity contribution in [3.8, 4) is 5.69 Å². The first-order chi connectivity index (χ1) is 14.1. The van der Waals surface area contributed by atoms with E-state index in [4.69, 9.17) is 0 Å². The molecule has 0 aliphatic carbocycles. The van der Waals surface area contributed by atoms with E-state index in [1.54, 1.807) is 6.21 Å². The minimum absolute atomic E-state index is 0.108. The van der Waals surface area contributed by atoms with Crippen molar-refractivity contribution in [3.05, 3.63) is 82.9 Å². The molecule has 156 valence electrons. The standard InChI is InChI=1S/C24H27FN4O/c1-16-14-18(15-26-28-23(30)27-21-10-8-20(25)9-11-21)17(2)29(16)22-12-6-19(7-13-22)24(3,4)5/h6-15H,1-5H3,(H2,27,28,30)/b26-15+. The van der Waals surface area contributed by atoms with E-state index in [2.05, 4.69) is 65.4 Å². The molecule has 0 atom stereocenters. The van der Waals surface area contributed by atoms with Gasteiger partial charge in [-0.1, -0.05) is 32.9 Å². The molecule has 0 radical (unpaired) electrons. The lowest BCUT2D eigenvalue weighted by Gasteiger charge is -2.20. The topological polar surface area (TPSA) is 58.4 Å². The van der Waals surface area contributed by atoms with Gasteiger partial charge in [0.25, 0.3) is 0 Å². The zero-order chi connectivity index (χ0) is 21.9. The number of aromatic nitrogens is 1. The van der Waals surface area contributed by atoms with Crippen molar-refractivity contribution in [2.24, 2.45) is 5.10 Å². The Balaban J connectivity index is 1.70. The maximum atomic E-state index is 12.9. The molecule has 0 fully saturated rings. The molecule has 3 aromatic rings. The molecule has 0 spiro atoms. The first kappa shape index (κ1) is 21.3. The van der Waals surface area contributed by atoms with Gasteiger partial charge in [0.15, 0.2) is 0 Å². The fourth-order valence-electron chi connectivity index (χ4n) is 3.28. The van der Waals surface area contributed by atoms with Gasteiger partial charge in [0.1, 0.15) is 5.82 Å². The Morgan fingerprint density at radius 3 is 2.27 bits per heavy atom. The Kier molecular flexibility index (Phi) is 6.06. The van der Waals surface area contributed by atoms with Crippen LogP contribution in [0.25, 0.3) is 5.69 Å². The maximum Gasteiger partial charge on any atom is 0.339 e. The molecule has 0 aliphatic rings. The predicted octanol–water partition coefficient (Wildman–Crippen LogP) is 5.69. The number of rotatable bonds is 4. The van der Waals surface area contributed by atoms with Gasteiger partial charge < -0.3 is 9.88 Å². The molecule has 1 heterocycles. The van der Waals surface area contributed by atoms with Gasteiger partial charge in [-0.2, -0.15) is 5.10 Å². The van der Waals surface area contributed by atoms with Crippen LogP contribution in [0.3, 0.4) is 0 Å². The molecule has 2 aromatic carbocycles. The Bertz CT molecular complexity index is 1060. The van der Waals surface area contributed by atoms with Gasteiger partial charge in [-0.3, -0.25) is 0 Å². The van der Waals surface area contributed by atoms with E-state index in [1.165, 1.54) is 29.8 Å². The molecule has 0 aliphatic heterocycles. The number of halogens is 1. The number of nitrogens with one attached hydrogen (secondary N) is 2. The lowest BCUT2D eigenvalue weighted by molar-refractivity contribution is 0.252. The molecule has 2 N–H and O–H groups in total. The van der Waals surface area contributed by atoms with Crippen molar-refractivity contribution < 1.29 is 9.18 Å². The highest BCUT2D eigenvalue weighted by Gasteiger charge is 2.14. The highest BCUT2D eigenvalue weighted by molar-refractivity contribution is 5.90. The van der Waals surface area contributed by atoms with E-state index in [0.29, 0.717) is 5.69 Å². The number of carbonyl (C=O) groups excluding carboxylic acids is 1. The summed E-state index contributed by atoms with van der Waals surface area (Å²) in [6.45, 7) is 10.6. The summed E-state index contributed by atoms with van der Waals surface area (Å²) in [6, 6.07) is 15.6. The Morgan fingerprint density at radius 1 is 1.03 bits per heavy atom. The zero-order valence-electron chi connectivity index (χ0n) is 18.0. The first-order valence-corrected chi connectivity index (χ1v) is 9.80. The summed E-state index contributed by atoms with van der Waals surface area (Å²) in [5, 5.41) is 6.63. The second-order valence-electron chi connectivity index (χ2n) is 8.29. The van der Waals surface area contributed by atoms with Gasteiger partial charge in [0.2, 0.25) is 0 Å². The average molecular weight is 407 g/mol. The van der Waals surface area contributed by atoms with Gasteiger partial charge >= 0.3 is 6.03 Å². The van der Waals surface area contributed by atoms with Crippen molar-refractivity contribution in [1.29, 1.82) is 0 Å². The van der Waals surface area contributed by atoms with E-state index in [9.17, 15) is 9.18 Å². The van der Waals surface area contributed by atoms with Gasteiger partial charge in [-0.15, -0.1) is 0 Å². The second kappa shape index (κ2) is 8.53. The number of carbonyl (C=O) groups is 1. The first-order valence-electron chi connectivity index (χ1n) is 9.80. The number of hydrogen-bond acceptors (Lipinski definition) is 2. The van der Waals surface area contributed by atoms with Crippen LogP contribution >= 0.6 is 0 Å². The lowest BCUT2D eigenvalue weighted by Crippen LogP contribution is -2.24. The number of hydrazone groups is 1. The smallest absolute Gasteiger partial charge is 0.318 e. The van der Waals surface area contributed by atoms with Crippen LogP contribution in [-0.2, 0) is 5.41 Å². The third-order valence-corrected chi connectivity index (χ3v) is 4.93. The predicted molar refractivity (Wildman–Crippen MR) is 120 cm³/mol. The summed E-state index contributed by atoms with van der Waals surface area (Å²) < 4.78 is 15.1. The highest BCUT2D eigenvalue weighted by Crippen LogP contribution is 2.25. The minimum atomic E-state index is -0.496. The molecule has 0 unspecified atom stereocenters. The highest BCUT2D eigenvalue weighted by atomic mass is 19.1. The Labute approximate surface area is 176 Å². The van der Waals surface area contributed by atoms with Crippen LogP contribution in [0.5, 0.6) is 0 Å². The molecule has 6 heteroatoms. The van der Waals surface area contributed by atoms with Gasteiger partial charge in [-0.25, -0.2) is 14.6 Å². The fourth-order valence-corrected chi connectivity index (χ4v) is 3.28. The second-order valence-corrected chi connectivity index (χ2v) is 8.29. The van der Waals surface area contributed by atoms with E-state index in [1.807, 2.05) is 19.9 Å². The number of urea groups is 1. The van der Waals surface area contributed by atoms with Crippen LogP contribution in [0, 0.1) is 19.7 Å². The number of hydrogen-bond donors (Lipinski definition) is 2. The number of benzene rings is 2. The number of amides is 2. The summed E-state index contributed by atoms with van der Waals surface area (Å²) in [5.74, 6) is -0.359. The van der Waals surface area contributed by atoms with Gasteiger partial charge in [0, 0.05) is 28.3 Å². The van der Waals surface area contributed by atoms with E-state index >= 15 is 0 Å². The third kappa shape index (κ3) is 4.95. The van der Waals surface area contributed by atoms with E-state index in [0.717, 1.165) is 22.6 Å².